The zero-order valence-electron chi connectivity index (χ0n) is 9.77. The Morgan fingerprint density at radius 1 is 1.38 bits per heavy atom. The summed E-state index contributed by atoms with van der Waals surface area (Å²) in [5.74, 6) is 0. The number of rotatable bonds is 0. The number of aliphatic hydroxyl groups is 1. The minimum absolute atomic E-state index is 0.0748. The van der Waals surface area contributed by atoms with Crippen molar-refractivity contribution in [1.82, 2.24) is 0 Å². The predicted octanol–water partition coefficient (Wildman–Crippen LogP) is 1.18. The fourth-order valence-electron chi connectivity index (χ4n) is 1.68. The smallest absolute Gasteiger partial charge is 0.435 e. The van der Waals surface area contributed by atoms with Crippen molar-refractivity contribution in [2.24, 2.45) is 0 Å². The Morgan fingerprint density at radius 3 is 2.25 bits per heavy atom. The van der Waals surface area contributed by atoms with E-state index in [4.69, 9.17) is 9.84 Å². The topological polar surface area (TPSA) is 83.8 Å². The summed E-state index contributed by atoms with van der Waals surface area (Å²) in [4.78, 5) is 23.0. The van der Waals surface area contributed by atoms with E-state index in [-0.39, 0.29) is 13.1 Å². The molecule has 1 unspecified atom stereocenters. The standard InChI is InChI=1S/C10H17NO5/c1-10(2,3)16-9(15)11(8(13)14)5-4-7(12)6-11/h7,12H,4-6H2,1-3H3/p+1/t7-,11?/m1/s1. The lowest BCUT2D eigenvalue weighted by atomic mass is 10.2. The molecule has 92 valence electrons. The number of carboxylic acid groups (broad SMARTS) is 1. The molecule has 1 aliphatic heterocycles. The van der Waals surface area contributed by atoms with Crippen LogP contribution in [0.3, 0.4) is 0 Å². The number of quaternary nitrogens is 1. The lowest BCUT2D eigenvalue weighted by Crippen LogP contribution is -2.56. The highest BCUT2D eigenvalue weighted by molar-refractivity contribution is 5.75. The van der Waals surface area contributed by atoms with Crippen molar-refractivity contribution in [1.29, 1.82) is 0 Å². The van der Waals surface area contributed by atoms with E-state index < -0.39 is 28.4 Å². The van der Waals surface area contributed by atoms with Crippen LogP contribution in [0.25, 0.3) is 0 Å². The fraction of sp³-hybridized carbons (Fsp3) is 0.800. The zero-order chi connectivity index (χ0) is 12.6. The monoisotopic (exact) mass is 232 g/mol. The van der Waals surface area contributed by atoms with Crippen LogP contribution in [0.5, 0.6) is 0 Å². The molecule has 1 fully saturated rings. The van der Waals surface area contributed by atoms with Gasteiger partial charge in [0.05, 0.1) is 0 Å². The van der Waals surface area contributed by atoms with E-state index in [9.17, 15) is 14.7 Å². The molecule has 6 heteroatoms. The lowest BCUT2D eigenvalue weighted by molar-refractivity contribution is -0.774. The third kappa shape index (κ3) is 2.51. The third-order valence-corrected chi connectivity index (χ3v) is 2.48. The Morgan fingerprint density at radius 2 is 1.94 bits per heavy atom. The van der Waals surface area contributed by atoms with E-state index in [1.54, 1.807) is 20.8 Å². The van der Waals surface area contributed by atoms with Crippen molar-refractivity contribution in [2.75, 3.05) is 13.1 Å². The predicted molar refractivity (Wildman–Crippen MR) is 54.9 cm³/mol. The van der Waals surface area contributed by atoms with Crippen LogP contribution in [0.15, 0.2) is 0 Å². The minimum atomic E-state index is -1.27. The number of imide groups is 1. The zero-order valence-corrected chi connectivity index (χ0v) is 9.77. The maximum atomic E-state index is 11.8. The van der Waals surface area contributed by atoms with Crippen molar-refractivity contribution in [2.45, 2.75) is 38.9 Å². The molecule has 0 aliphatic carbocycles. The van der Waals surface area contributed by atoms with Crippen LogP contribution >= 0.6 is 0 Å². The first-order valence-corrected chi connectivity index (χ1v) is 5.19. The molecular formula is C10H18NO5+. The van der Waals surface area contributed by atoms with Gasteiger partial charge in [-0.1, -0.05) is 0 Å². The number of ether oxygens (including phenoxy) is 1. The van der Waals surface area contributed by atoms with Crippen molar-refractivity contribution in [3.8, 4) is 0 Å². The number of hydrogen-bond donors (Lipinski definition) is 2. The van der Waals surface area contributed by atoms with Crippen LogP contribution in [0, 0.1) is 0 Å². The molecule has 0 aromatic carbocycles. The first kappa shape index (κ1) is 12.9. The Bertz CT molecular complexity index is 309. The minimum Gasteiger partial charge on any atom is -0.435 e. The SMILES string of the molecule is CC(C)(C)OC(=O)[N+]1(C(=O)O)CC[C@@H](O)C1. The first-order valence-electron chi connectivity index (χ1n) is 5.19. The lowest BCUT2D eigenvalue weighted by Gasteiger charge is -2.27. The van der Waals surface area contributed by atoms with Crippen LogP contribution in [0.2, 0.25) is 0 Å². The Hall–Kier alpha value is -1.14. The summed E-state index contributed by atoms with van der Waals surface area (Å²) in [5.41, 5.74) is -0.731. The van der Waals surface area contributed by atoms with Crippen LogP contribution in [0.4, 0.5) is 9.59 Å². The molecule has 1 rings (SSSR count). The quantitative estimate of drug-likeness (QED) is 0.613. The van der Waals surface area contributed by atoms with E-state index in [1.807, 2.05) is 0 Å². The Kier molecular flexibility index (Phi) is 3.25. The molecule has 6 nitrogen and oxygen atoms in total. The molecule has 0 aromatic heterocycles. The van der Waals surface area contributed by atoms with Crippen molar-refractivity contribution in [3.63, 3.8) is 0 Å². The van der Waals surface area contributed by atoms with E-state index in [1.165, 1.54) is 0 Å². The molecule has 16 heavy (non-hydrogen) atoms. The summed E-state index contributed by atoms with van der Waals surface area (Å²) in [6.45, 7) is 4.98. The Labute approximate surface area is 94.0 Å². The van der Waals surface area contributed by atoms with Gasteiger partial charge in [-0.05, 0) is 20.8 Å². The summed E-state index contributed by atoms with van der Waals surface area (Å²) in [7, 11) is 0. The average Bonchev–Trinajstić information content (AvgIpc) is 2.45. The maximum absolute atomic E-state index is 11.8. The molecule has 0 bridgehead atoms. The second-order valence-corrected chi connectivity index (χ2v) is 5.08. The van der Waals surface area contributed by atoms with Crippen molar-refractivity contribution < 1.29 is 29.0 Å². The third-order valence-electron chi connectivity index (χ3n) is 2.48. The van der Waals surface area contributed by atoms with E-state index >= 15 is 0 Å². The molecule has 2 atom stereocenters. The van der Waals surface area contributed by atoms with Crippen LogP contribution in [-0.4, -0.2) is 51.7 Å². The van der Waals surface area contributed by atoms with Gasteiger partial charge in [0.2, 0.25) is 0 Å². The Balaban J connectivity index is 2.88. The van der Waals surface area contributed by atoms with Gasteiger partial charge in [0.15, 0.2) is 0 Å². The number of amides is 2. The van der Waals surface area contributed by atoms with Gasteiger partial charge in [0.25, 0.3) is 0 Å². The maximum Gasteiger partial charge on any atom is 0.527 e. The first-order chi connectivity index (χ1) is 7.17. The number of carbonyl (C=O) groups is 2. The van der Waals surface area contributed by atoms with Crippen molar-refractivity contribution in [3.05, 3.63) is 0 Å². The normalized spacial score (nSPS) is 30.1. The van der Waals surface area contributed by atoms with Gasteiger partial charge in [0, 0.05) is 6.42 Å². The van der Waals surface area contributed by atoms with Gasteiger partial charge in [0.1, 0.15) is 24.8 Å². The second kappa shape index (κ2) is 4.03. The fourth-order valence-corrected chi connectivity index (χ4v) is 1.68. The highest BCUT2D eigenvalue weighted by Gasteiger charge is 2.53. The summed E-state index contributed by atoms with van der Waals surface area (Å²) in [5, 5.41) is 18.5. The van der Waals surface area contributed by atoms with Gasteiger partial charge in [-0.15, -0.1) is 4.48 Å². The average molecular weight is 232 g/mol. The molecular weight excluding hydrogens is 214 g/mol. The summed E-state index contributed by atoms with van der Waals surface area (Å²) in [6.07, 6.45) is -2.54. The van der Waals surface area contributed by atoms with E-state index in [0.717, 1.165) is 0 Å². The molecule has 1 aliphatic rings. The molecule has 0 saturated carbocycles. The number of aliphatic hydroxyl groups excluding tert-OH is 1. The summed E-state index contributed by atoms with van der Waals surface area (Å²) < 4.78 is 4.24. The molecule has 0 spiro atoms. The van der Waals surface area contributed by atoms with E-state index in [2.05, 4.69) is 0 Å². The number of hydrogen-bond acceptors (Lipinski definition) is 4. The van der Waals surface area contributed by atoms with Crippen LogP contribution in [0.1, 0.15) is 27.2 Å². The van der Waals surface area contributed by atoms with Crippen LogP contribution in [-0.2, 0) is 4.74 Å². The van der Waals surface area contributed by atoms with Crippen molar-refractivity contribution >= 4 is 12.2 Å². The van der Waals surface area contributed by atoms with E-state index in [0.29, 0.717) is 6.42 Å². The second-order valence-electron chi connectivity index (χ2n) is 5.08. The summed E-state index contributed by atoms with van der Waals surface area (Å²) in [6, 6.07) is 0. The molecule has 2 amide bonds. The molecule has 0 radical (unpaired) electrons. The van der Waals surface area contributed by atoms with Gasteiger partial charge in [-0.2, -0.15) is 9.59 Å². The van der Waals surface area contributed by atoms with Gasteiger partial charge < -0.3 is 14.9 Å². The van der Waals surface area contributed by atoms with Crippen LogP contribution < -0.4 is 0 Å². The number of carbonyl (C=O) groups excluding carboxylic acids is 1. The number of likely N-dealkylation sites (tertiary alicyclic amines) is 1. The molecule has 1 heterocycles. The van der Waals surface area contributed by atoms with Gasteiger partial charge in [-0.3, -0.25) is 0 Å². The highest BCUT2D eigenvalue weighted by atomic mass is 16.6. The molecule has 2 N–H and O–H groups in total. The summed E-state index contributed by atoms with van der Waals surface area (Å²) >= 11 is 0. The largest absolute Gasteiger partial charge is 0.527 e. The van der Waals surface area contributed by atoms with Gasteiger partial charge >= 0.3 is 12.2 Å². The molecule has 0 aromatic rings. The van der Waals surface area contributed by atoms with Gasteiger partial charge in [-0.25, -0.2) is 0 Å². The molecule has 1 saturated heterocycles. The number of nitrogens with zero attached hydrogens (tertiary/aromatic N) is 1. The highest BCUT2D eigenvalue weighted by Crippen LogP contribution is 2.24.